The fourth-order valence-corrected chi connectivity index (χ4v) is 4.34. The van der Waals surface area contributed by atoms with Crippen LogP contribution in [0.1, 0.15) is 10.4 Å². The Morgan fingerprint density at radius 1 is 0.968 bits per heavy atom. The van der Waals surface area contributed by atoms with E-state index in [0.29, 0.717) is 32.7 Å². The lowest BCUT2D eigenvalue weighted by Crippen LogP contribution is -2.32. The first-order valence-electron chi connectivity index (χ1n) is 9.40. The summed E-state index contributed by atoms with van der Waals surface area (Å²) in [5, 5.41) is 5.44. The summed E-state index contributed by atoms with van der Waals surface area (Å²) >= 11 is 7.53. The third kappa shape index (κ3) is 4.02. The predicted octanol–water partition coefficient (Wildman–Crippen LogP) is 4.81. The quantitative estimate of drug-likeness (QED) is 0.519. The molecule has 0 bridgehead atoms. The number of halogens is 1. The van der Waals surface area contributed by atoms with E-state index in [4.69, 9.17) is 21.1 Å². The fourth-order valence-electron chi connectivity index (χ4n) is 3.40. The normalized spacial score (nSPS) is 13.7. The van der Waals surface area contributed by atoms with Crippen molar-refractivity contribution in [3.63, 3.8) is 0 Å². The first-order chi connectivity index (χ1) is 15.0. The summed E-state index contributed by atoms with van der Waals surface area (Å²) in [7, 11) is 3.08. The van der Waals surface area contributed by atoms with Crippen molar-refractivity contribution in [1.82, 2.24) is 4.90 Å². The molecule has 1 aliphatic heterocycles. The molecule has 6 nitrogen and oxygen atoms in total. The van der Waals surface area contributed by atoms with Gasteiger partial charge in [-0.3, -0.25) is 14.5 Å². The molecule has 4 rings (SSSR count). The van der Waals surface area contributed by atoms with Crippen LogP contribution in [0.3, 0.4) is 0 Å². The van der Waals surface area contributed by atoms with Crippen LogP contribution in [0.2, 0.25) is 5.02 Å². The number of amides is 2. The molecule has 3 aromatic rings. The van der Waals surface area contributed by atoms with Gasteiger partial charge >= 0.3 is 0 Å². The molecule has 0 saturated carbocycles. The van der Waals surface area contributed by atoms with Crippen molar-refractivity contribution in [1.29, 1.82) is 0 Å². The minimum Gasteiger partial charge on any atom is -0.496 e. The van der Waals surface area contributed by atoms with Gasteiger partial charge in [0.15, 0.2) is 0 Å². The monoisotopic (exact) mass is 454 g/mol. The Morgan fingerprint density at radius 2 is 1.74 bits per heavy atom. The average Bonchev–Trinajstić information content (AvgIpc) is 3.37. The number of rotatable bonds is 7. The molecule has 0 radical (unpaired) electrons. The zero-order valence-electron chi connectivity index (χ0n) is 16.8. The number of carbonyl (C=O) groups is 2. The summed E-state index contributed by atoms with van der Waals surface area (Å²) in [6, 6.07) is 16.0. The predicted molar refractivity (Wildman–Crippen MR) is 121 cm³/mol. The van der Waals surface area contributed by atoms with Crippen molar-refractivity contribution < 1.29 is 19.1 Å². The van der Waals surface area contributed by atoms with Crippen LogP contribution in [-0.2, 0) is 16.1 Å². The van der Waals surface area contributed by atoms with Gasteiger partial charge in [-0.2, -0.15) is 0 Å². The lowest BCUT2D eigenvalue weighted by atomic mass is 10.1. The van der Waals surface area contributed by atoms with Gasteiger partial charge in [-0.25, -0.2) is 0 Å². The highest BCUT2D eigenvalue weighted by molar-refractivity contribution is 7.11. The van der Waals surface area contributed by atoms with Crippen LogP contribution in [0.4, 0.5) is 5.69 Å². The fraction of sp³-hybridized carbons (Fsp3) is 0.130. The molecule has 158 valence electrons. The second-order valence-corrected chi connectivity index (χ2v) is 8.09. The summed E-state index contributed by atoms with van der Waals surface area (Å²) in [6.45, 7) is 0.0917. The highest BCUT2D eigenvalue weighted by atomic mass is 35.5. The zero-order valence-corrected chi connectivity index (χ0v) is 18.4. The number of benzene rings is 2. The van der Waals surface area contributed by atoms with Gasteiger partial charge in [0.1, 0.15) is 17.2 Å². The Labute approximate surface area is 188 Å². The number of carbonyl (C=O) groups excluding carboxylic acids is 2. The van der Waals surface area contributed by atoms with Crippen molar-refractivity contribution in [2.45, 2.75) is 6.54 Å². The second-order valence-electron chi connectivity index (χ2n) is 6.71. The van der Waals surface area contributed by atoms with Gasteiger partial charge in [0.05, 0.1) is 32.0 Å². The maximum absolute atomic E-state index is 13.4. The number of anilines is 1. The standard InChI is InChI=1S/C23H19ClN2O4S/c1-29-17-7-4-3-6-14(17)13-26-22(27)20(19-8-5-11-31-19)21(23(26)28)25-16-12-15(24)9-10-18(16)30-2/h3-12,25H,13H2,1-2H3. The van der Waals surface area contributed by atoms with Crippen LogP contribution in [0.25, 0.3) is 5.57 Å². The van der Waals surface area contributed by atoms with Crippen molar-refractivity contribution >= 4 is 46.0 Å². The van der Waals surface area contributed by atoms with Gasteiger partial charge in [-0.1, -0.05) is 35.9 Å². The molecule has 0 saturated heterocycles. The molecule has 0 spiro atoms. The Hall–Kier alpha value is -3.29. The van der Waals surface area contributed by atoms with E-state index in [9.17, 15) is 9.59 Å². The Balaban J connectivity index is 1.75. The number of nitrogens with zero attached hydrogens (tertiary/aromatic N) is 1. The highest BCUT2D eigenvalue weighted by Gasteiger charge is 2.40. The maximum Gasteiger partial charge on any atom is 0.278 e. The third-order valence-corrected chi connectivity index (χ3v) is 6.00. The molecule has 0 atom stereocenters. The van der Waals surface area contributed by atoms with E-state index in [1.165, 1.54) is 23.3 Å². The first-order valence-corrected chi connectivity index (χ1v) is 10.7. The number of ether oxygens (including phenoxy) is 2. The number of hydrogen-bond acceptors (Lipinski definition) is 6. The second kappa shape index (κ2) is 8.83. The molecular weight excluding hydrogens is 436 g/mol. The van der Waals surface area contributed by atoms with Gasteiger partial charge in [0.25, 0.3) is 11.8 Å². The molecule has 2 aromatic carbocycles. The Kier molecular flexibility index (Phi) is 5.97. The van der Waals surface area contributed by atoms with Gasteiger partial charge in [-0.15, -0.1) is 11.3 Å². The van der Waals surface area contributed by atoms with E-state index in [0.717, 1.165) is 5.56 Å². The third-order valence-electron chi connectivity index (χ3n) is 4.88. The molecule has 2 amide bonds. The number of imide groups is 1. The first kappa shape index (κ1) is 21.0. The molecule has 8 heteroatoms. The van der Waals surface area contributed by atoms with Gasteiger partial charge in [0, 0.05) is 15.5 Å². The van der Waals surface area contributed by atoms with Gasteiger partial charge in [0.2, 0.25) is 0 Å². The number of para-hydroxylation sites is 1. The lowest BCUT2D eigenvalue weighted by molar-refractivity contribution is -0.137. The molecule has 1 N–H and O–H groups in total. The smallest absolute Gasteiger partial charge is 0.278 e. The van der Waals surface area contributed by atoms with Crippen LogP contribution >= 0.6 is 22.9 Å². The van der Waals surface area contributed by atoms with Crippen LogP contribution < -0.4 is 14.8 Å². The van der Waals surface area contributed by atoms with E-state index < -0.39 is 5.91 Å². The molecule has 0 aliphatic carbocycles. The minimum atomic E-state index is -0.429. The van der Waals surface area contributed by atoms with E-state index in [1.54, 1.807) is 31.4 Å². The lowest BCUT2D eigenvalue weighted by Gasteiger charge is -2.17. The van der Waals surface area contributed by atoms with E-state index in [2.05, 4.69) is 5.32 Å². The number of hydrogen-bond donors (Lipinski definition) is 1. The van der Waals surface area contributed by atoms with Crippen molar-refractivity contribution in [2.75, 3.05) is 19.5 Å². The highest BCUT2D eigenvalue weighted by Crippen LogP contribution is 2.37. The summed E-state index contributed by atoms with van der Waals surface area (Å²) in [4.78, 5) is 28.7. The van der Waals surface area contributed by atoms with Crippen molar-refractivity contribution in [2.24, 2.45) is 0 Å². The van der Waals surface area contributed by atoms with Gasteiger partial charge < -0.3 is 14.8 Å². The minimum absolute atomic E-state index is 0.0917. The topological polar surface area (TPSA) is 67.9 Å². The molecule has 2 heterocycles. The molecule has 1 aromatic heterocycles. The Bertz CT molecular complexity index is 1170. The molecule has 0 fully saturated rings. The van der Waals surface area contributed by atoms with Gasteiger partial charge in [-0.05, 0) is 35.7 Å². The molecule has 1 aliphatic rings. The average molecular weight is 455 g/mol. The van der Waals surface area contributed by atoms with Crippen LogP contribution in [0, 0.1) is 0 Å². The van der Waals surface area contributed by atoms with Crippen LogP contribution in [0.5, 0.6) is 11.5 Å². The number of nitrogens with one attached hydrogen (secondary N) is 1. The molecule has 0 unspecified atom stereocenters. The molecule has 31 heavy (non-hydrogen) atoms. The summed E-state index contributed by atoms with van der Waals surface area (Å²) in [5.74, 6) is 0.313. The van der Waals surface area contributed by atoms with E-state index in [-0.39, 0.29) is 18.1 Å². The zero-order chi connectivity index (χ0) is 22.0. The van der Waals surface area contributed by atoms with Crippen molar-refractivity contribution in [3.8, 4) is 11.5 Å². The summed E-state index contributed by atoms with van der Waals surface area (Å²) in [5.41, 5.74) is 1.73. The van der Waals surface area contributed by atoms with E-state index in [1.807, 2.05) is 35.7 Å². The SMILES string of the molecule is COc1ccccc1CN1C(=O)C(Nc2cc(Cl)ccc2OC)=C(c2cccs2)C1=O. The van der Waals surface area contributed by atoms with E-state index >= 15 is 0 Å². The Morgan fingerprint density at radius 3 is 2.45 bits per heavy atom. The van der Waals surface area contributed by atoms with Crippen molar-refractivity contribution in [3.05, 3.63) is 81.1 Å². The summed E-state index contributed by atoms with van der Waals surface area (Å²) in [6.07, 6.45) is 0. The van der Waals surface area contributed by atoms with Crippen LogP contribution in [0.15, 0.2) is 65.7 Å². The maximum atomic E-state index is 13.4. The molecular formula is C23H19ClN2O4S. The summed E-state index contributed by atoms with van der Waals surface area (Å²) < 4.78 is 10.8. The van der Waals surface area contributed by atoms with Crippen LogP contribution in [-0.4, -0.2) is 30.9 Å². The number of methoxy groups -OCH3 is 2. The number of thiophene rings is 1. The largest absolute Gasteiger partial charge is 0.496 e.